The van der Waals surface area contributed by atoms with Crippen LogP contribution in [0.3, 0.4) is 0 Å². The van der Waals surface area contributed by atoms with Crippen molar-refractivity contribution < 1.29 is 22.7 Å². The fraction of sp³-hybridized carbons (Fsp3) is 0.500. The van der Waals surface area contributed by atoms with Crippen LogP contribution in [0.15, 0.2) is 10.7 Å². The molecule has 12 heavy (non-hydrogen) atoms. The van der Waals surface area contributed by atoms with Gasteiger partial charge in [0.15, 0.2) is 0 Å². The molecule has 0 aliphatic heterocycles. The molecule has 1 unspecified atom stereocenters. The molecule has 1 aromatic rings. The molecule has 0 aliphatic rings. The highest BCUT2D eigenvalue weighted by atomic mass is 19.4. The lowest BCUT2D eigenvalue weighted by Gasteiger charge is -2.09. The third-order valence-electron chi connectivity index (χ3n) is 1.18. The van der Waals surface area contributed by atoms with Crippen molar-refractivity contribution in [3.05, 3.63) is 17.8 Å². The molecule has 0 aromatic carbocycles. The van der Waals surface area contributed by atoms with E-state index in [1.807, 2.05) is 0 Å². The predicted octanol–water partition coefficient (Wildman–Crippen LogP) is 1.58. The van der Waals surface area contributed by atoms with Crippen LogP contribution in [0, 0.1) is 6.92 Å². The number of aryl methyl sites for hydroxylation is 1. The zero-order valence-corrected chi connectivity index (χ0v) is 6.09. The van der Waals surface area contributed by atoms with Crippen LogP contribution in [-0.2, 0) is 0 Å². The minimum atomic E-state index is -4.72. The predicted molar refractivity (Wildman–Crippen MR) is 32.3 cm³/mol. The molecular weight excluding hydrogens is 175 g/mol. The van der Waals surface area contributed by atoms with Crippen LogP contribution < -0.4 is 0 Å². The van der Waals surface area contributed by atoms with Crippen LogP contribution >= 0.6 is 0 Å². The summed E-state index contributed by atoms with van der Waals surface area (Å²) in [6.45, 7) is 1.47. The van der Waals surface area contributed by atoms with E-state index < -0.39 is 18.2 Å². The normalized spacial score (nSPS) is 14.8. The third kappa shape index (κ3) is 1.76. The first-order valence-electron chi connectivity index (χ1n) is 3.08. The van der Waals surface area contributed by atoms with Crippen molar-refractivity contribution in [2.75, 3.05) is 0 Å². The van der Waals surface area contributed by atoms with Gasteiger partial charge in [-0.2, -0.15) is 13.2 Å². The molecule has 68 valence electrons. The molecule has 1 N–H and O–H groups in total. The Balaban J connectivity index is 2.85. The Labute approximate surface area is 65.8 Å². The van der Waals surface area contributed by atoms with E-state index in [-0.39, 0.29) is 0 Å². The summed E-state index contributed by atoms with van der Waals surface area (Å²) in [4.78, 5) is 3.34. The van der Waals surface area contributed by atoms with Crippen LogP contribution in [0.25, 0.3) is 0 Å². The van der Waals surface area contributed by atoms with Gasteiger partial charge < -0.3 is 9.52 Å². The highest BCUT2D eigenvalue weighted by Crippen LogP contribution is 2.31. The van der Waals surface area contributed by atoms with E-state index >= 15 is 0 Å². The highest BCUT2D eigenvalue weighted by Gasteiger charge is 2.42. The summed E-state index contributed by atoms with van der Waals surface area (Å²) in [6.07, 6.45) is -6.31. The Morgan fingerprint density at radius 1 is 1.58 bits per heavy atom. The summed E-state index contributed by atoms with van der Waals surface area (Å²) < 4.78 is 39.8. The van der Waals surface area contributed by atoms with Crippen LogP contribution in [0.5, 0.6) is 0 Å². The van der Waals surface area contributed by atoms with Gasteiger partial charge in [0.25, 0.3) is 0 Å². The Kier molecular flexibility index (Phi) is 2.10. The highest BCUT2D eigenvalue weighted by molar-refractivity contribution is 4.97. The van der Waals surface area contributed by atoms with Crippen molar-refractivity contribution in [2.45, 2.75) is 19.2 Å². The minimum Gasteiger partial charge on any atom is -0.446 e. The van der Waals surface area contributed by atoms with E-state index in [9.17, 15) is 13.2 Å². The number of hydrogen-bond donors (Lipinski definition) is 1. The minimum absolute atomic E-state index is 0.299. The molecular formula is C6H6F3NO2. The van der Waals surface area contributed by atoms with Crippen LogP contribution in [0.2, 0.25) is 0 Å². The molecule has 1 rings (SSSR count). The van der Waals surface area contributed by atoms with Crippen molar-refractivity contribution in [1.29, 1.82) is 0 Å². The summed E-state index contributed by atoms with van der Waals surface area (Å²) in [5.74, 6) is -0.722. The van der Waals surface area contributed by atoms with Crippen molar-refractivity contribution in [3.63, 3.8) is 0 Å². The van der Waals surface area contributed by atoms with E-state index in [2.05, 4.69) is 9.40 Å². The second kappa shape index (κ2) is 2.78. The summed E-state index contributed by atoms with van der Waals surface area (Å²) in [6, 6.07) is 0. The molecule has 0 amide bonds. The Bertz CT molecular complexity index is 268. The average molecular weight is 181 g/mol. The van der Waals surface area contributed by atoms with Gasteiger partial charge in [0.05, 0.1) is 5.69 Å². The smallest absolute Gasteiger partial charge is 0.423 e. The average Bonchev–Trinajstić information content (AvgIpc) is 2.32. The number of halogens is 3. The molecule has 6 heteroatoms. The van der Waals surface area contributed by atoms with Crippen LogP contribution in [0.1, 0.15) is 17.7 Å². The number of aromatic nitrogens is 1. The molecule has 0 aliphatic carbocycles. The fourth-order valence-corrected chi connectivity index (χ4v) is 0.638. The second-order valence-electron chi connectivity index (χ2n) is 2.27. The molecule has 0 bridgehead atoms. The Morgan fingerprint density at radius 2 is 2.17 bits per heavy atom. The quantitative estimate of drug-likeness (QED) is 0.715. The molecule has 0 saturated carbocycles. The molecule has 1 atom stereocenters. The Hall–Kier alpha value is -1.04. The molecule has 0 radical (unpaired) electrons. The molecule has 0 fully saturated rings. The summed E-state index contributed by atoms with van der Waals surface area (Å²) in [7, 11) is 0. The van der Waals surface area contributed by atoms with E-state index in [1.54, 1.807) is 0 Å². The van der Waals surface area contributed by atoms with Crippen LogP contribution in [0.4, 0.5) is 13.2 Å². The zero-order chi connectivity index (χ0) is 9.35. The fourth-order valence-electron chi connectivity index (χ4n) is 0.638. The molecule has 0 saturated heterocycles. The third-order valence-corrected chi connectivity index (χ3v) is 1.18. The first-order chi connectivity index (χ1) is 5.41. The summed E-state index contributed by atoms with van der Waals surface area (Å²) in [5.41, 5.74) is 0.299. The molecule has 3 nitrogen and oxygen atoms in total. The topological polar surface area (TPSA) is 46.3 Å². The maximum atomic E-state index is 11.8. The molecule has 1 aromatic heterocycles. The van der Waals surface area contributed by atoms with Crippen molar-refractivity contribution in [2.24, 2.45) is 0 Å². The number of aliphatic hydroxyl groups is 1. The van der Waals surface area contributed by atoms with Crippen molar-refractivity contribution >= 4 is 0 Å². The molecule has 0 spiro atoms. The first-order valence-corrected chi connectivity index (χ1v) is 3.08. The number of alkyl halides is 3. The second-order valence-corrected chi connectivity index (χ2v) is 2.27. The maximum Gasteiger partial charge on any atom is 0.423 e. The lowest BCUT2D eigenvalue weighted by atomic mass is 10.3. The van der Waals surface area contributed by atoms with Gasteiger partial charge in [0.2, 0.25) is 12.0 Å². The first kappa shape index (κ1) is 9.05. The number of hydrogen-bond acceptors (Lipinski definition) is 3. The number of oxazole rings is 1. The van der Waals surface area contributed by atoms with Crippen LogP contribution in [-0.4, -0.2) is 16.3 Å². The van der Waals surface area contributed by atoms with E-state index in [0.29, 0.717) is 5.69 Å². The van der Waals surface area contributed by atoms with Crippen molar-refractivity contribution in [1.82, 2.24) is 4.98 Å². The zero-order valence-electron chi connectivity index (χ0n) is 6.09. The largest absolute Gasteiger partial charge is 0.446 e. The maximum absolute atomic E-state index is 11.8. The SMILES string of the molecule is Cc1coc(C(O)C(F)(F)F)n1. The van der Waals surface area contributed by atoms with Gasteiger partial charge in [-0.25, -0.2) is 4.98 Å². The van der Waals surface area contributed by atoms with Gasteiger partial charge >= 0.3 is 6.18 Å². The number of aliphatic hydroxyl groups excluding tert-OH is 1. The monoisotopic (exact) mass is 181 g/mol. The van der Waals surface area contributed by atoms with E-state index in [0.717, 1.165) is 6.26 Å². The van der Waals surface area contributed by atoms with E-state index in [1.165, 1.54) is 6.92 Å². The standard InChI is InChI=1S/C6H6F3NO2/c1-3-2-12-5(10-3)4(11)6(7,8)9/h2,4,11H,1H3. The van der Waals surface area contributed by atoms with Gasteiger partial charge in [0, 0.05) is 0 Å². The number of nitrogens with zero attached hydrogens (tertiary/aromatic N) is 1. The van der Waals surface area contributed by atoms with Crippen molar-refractivity contribution in [3.8, 4) is 0 Å². The summed E-state index contributed by atoms with van der Waals surface area (Å²) >= 11 is 0. The van der Waals surface area contributed by atoms with Gasteiger partial charge in [-0.3, -0.25) is 0 Å². The lowest BCUT2D eigenvalue weighted by molar-refractivity contribution is -0.213. The molecule has 1 heterocycles. The number of rotatable bonds is 1. The van der Waals surface area contributed by atoms with Gasteiger partial charge in [-0.1, -0.05) is 0 Å². The van der Waals surface area contributed by atoms with Gasteiger partial charge in [-0.15, -0.1) is 0 Å². The van der Waals surface area contributed by atoms with Gasteiger partial charge in [-0.05, 0) is 6.92 Å². The Morgan fingerprint density at radius 3 is 2.50 bits per heavy atom. The lowest BCUT2D eigenvalue weighted by Crippen LogP contribution is -2.20. The summed E-state index contributed by atoms with van der Waals surface area (Å²) in [5, 5.41) is 8.59. The van der Waals surface area contributed by atoms with E-state index in [4.69, 9.17) is 5.11 Å². The van der Waals surface area contributed by atoms with Gasteiger partial charge in [0.1, 0.15) is 6.26 Å².